The lowest BCUT2D eigenvalue weighted by atomic mass is 9.97. The predicted molar refractivity (Wildman–Crippen MR) is 117 cm³/mol. The Morgan fingerprint density at radius 2 is 1.52 bits per heavy atom. The molecule has 152 valence electrons. The van der Waals surface area contributed by atoms with E-state index in [-0.39, 0.29) is 11.8 Å². The van der Waals surface area contributed by atoms with Gasteiger partial charge in [0.25, 0.3) is 11.8 Å². The molecule has 29 heavy (non-hydrogen) atoms. The molecule has 0 unspecified atom stereocenters. The number of aryl methyl sites for hydroxylation is 1. The van der Waals surface area contributed by atoms with Crippen LogP contribution in [0.5, 0.6) is 0 Å². The highest BCUT2D eigenvalue weighted by atomic mass is 16.2. The van der Waals surface area contributed by atoms with Gasteiger partial charge in [0.05, 0.1) is 0 Å². The zero-order valence-electron chi connectivity index (χ0n) is 17.0. The van der Waals surface area contributed by atoms with Crippen molar-refractivity contribution >= 4 is 11.8 Å². The molecule has 4 heteroatoms. The first kappa shape index (κ1) is 20.8. The molecule has 0 radical (unpaired) electrons. The molecule has 2 aromatic carbocycles. The third-order valence-corrected chi connectivity index (χ3v) is 5.27. The number of carbonyl (C=O) groups is 2. The summed E-state index contributed by atoms with van der Waals surface area (Å²) >= 11 is 0. The summed E-state index contributed by atoms with van der Waals surface area (Å²) in [5, 5.41) is 5.91. The molecular formula is C25H30N2O2. The number of carbonyl (C=O) groups excluding carboxylic acids is 2. The summed E-state index contributed by atoms with van der Waals surface area (Å²) in [6.07, 6.45) is 9.86. The quantitative estimate of drug-likeness (QED) is 0.483. The normalized spacial score (nSPS) is 13.4. The zero-order valence-corrected chi connectivity index (χ0v) is 17.0. The van der Waals surface area contributed by atoms with Crippen molar-refractivity contribution in [2.75, 3.05) is 13.1 Å². The number of nitrogens with one attached hydrogen (secondary N) is 2. The molecule has 0 atom stereocenters. The van der Waals surface area contributed by atoms with E-state index in [0.29, 0.717) is 24.2 Å². The molecule has 0 fully saturated rings. The minimum Gasteiger partial charge on any atom is -0.352 e. The molecule has 0 saturated heterocycles. The molecule has 2 N–H and O–H groups in total. The van der Waals surface area contributed by atoms with Gasteiger partial charge in [0, 0.05) is 24.2 Å². The van der Waals surface area contributed by atoms with E-state index in [0.717, 1.165) is 32.1 Å². The van der Waals surface area contributed by atoms with Crippen LogP contribution in [0.15, 0.2) is 66.2 Å². The van der Waals surface area contributed by atoms with E-state index in [1.807, 2.05) is 18.2 Å². The fourth-order valence-electron chi connectivity index (χ4n) is 3.61. The van der Waals surface area contributed by atoms with Crippen LogP contribution in [0.2, 0.25) is 0 Å². The Morgan fingerprint density at radius 3 is 2.21 bits per heavy atom. The molecule has 3 rings (SSSR count). The van der Waals surface area contributed by atoms with Crippen molar-refractivity contribution in [1.29, 1.82) is 0 Å². The van der Waals surface area contributed by atoms with E-state index in [1.54, 1.807) is 24.3 Å². The van der Waals surface area contributed by atoms with Gasteiger partial charge in [-0.25, -0.2) is 0 Å². The SMILES string of the molecule is O=C(NCCCc1ccccc1)c1cccc(C(=O)NCCC2=CCCCC2)c1. The number of allylic oxidation sites excluding steroid dienone is 1. The van der Waals surface area contributed by atoms with Crippen molar-refractivity contribution in [3.05, 3.63) is 82.9 Å². The molecule has 1 aliphatic rings. The van der Waals surface area contributed by atoms with Gasteiger partial charge in [-0.1, -0.05) is 48.0 Å². The van der Waals surface area contributed by atoms with Crippen LogP contribution in [0.4, 0.5) is 0 Å². The van der Waals surface area contributed by atoms with E-state index in [4.69, 9.17) is 0 Å². The van der Waals surface area contributed by atoms with E-state index in [1.165, 1.54) is 24.0 Å². The zero-order chi connectivity index (χ0) is 20.3. The molecule has 0 bridgehead atoms. The van der Waals surface area contributed by atoms with Crippen molar-refractivity contribution in [3.63, 3.8) is 0 Å². The molecule has 2 amide bonds. The second-order valence-corrected chi connectivity index (χ2v) is 7.54. The highest BCUT2D eigenvalue weighted by Crippen LogP contribution is 2.19. The van der Waals surface area contributed by atoms with Crippen LogP contribution in [0.3, 0.4) is 0 Å². The second kappa shape index (κ2) is 11.2. The maximum absolute atomic E-state index is 12.4. The summed E-state index contributed by atoms with van der Waals surface area (Å²) < 4.78 is 0. The van der Waals surface area contributed by atoms with Crippen molar-refractivity contribution < 1.29 is 9.59 Å². The average Bonchev–Trinajstić information content (AvgIpc) is 2.78. The van der Waals surface area contributed by atoms with Crippen LogP contribution >= 0.6 is 0 Å². The molecule has 0 aliphatic heterocycles. The Labute approximate surface area is 173 Å². The van der Waals surface area contributed by atoms with E-state index < -0.39 is 0 Å². The van der Waals surface area contributed by atoms with E-state index >= 15 is 0 Å². The van der Waals surface area contributed by atoms with Gasteiger partial charge < -0.3 is 10.6 Å². The molecule has 0 aromatic heterocycles. The lowest BCUT2D eigenvalue weighted by Crippen LogP contribution is -2.27. The maximum Gasteiger partial charge on any atom is 0.251 e. The van der Waals surface area contributed by atoms with Crippen LogP contribution in [-0.2, 0) is 6.42 Å². The van der Waals surface area contributed by atoms with Crippen molar-refractivity contribution in [3.8, 4) is 0 Å². The molecule has 4 nitrogen and oxygen atoms in total. The molecule has 0 heterocycles. The van der Waals surface area contributed by atoms with E-state index in [2.05, 4.69) is 28.8 Å². The topological polar surface area (TPSA) is 58.2 Å². The molecule has 0 saturated carbocycles. The summed E-state index contributed by atoms with van der Waals surface area (Å²) in [7, 11) is 0. The van der Waals surface area contributed by atoms with Crippen LogP contribution in [0.1, 0.15) is 64.8 Å². The highest BCUT2D eigenvalue weighted by molar-refractivity contribution is 5.99. The Kier molecular flexibility index (Phi) is 8.05. The Morgan fingerprint density at radius 1 is 0.793 bits per heavy atom. The number of benzene rings is 2. The smallest absolute Gasteiger partial charge is 0.251 e. The molecule has 2 aromatic rings. The third kappa shape index (κ3) is 6.90. The Balaban J connectivity index is 1.43. The number of amides is 2. The minimum atomic E-state index is -0.139. The van der Waals surface area contributed by atoms with Crippen molar-refractivity contribution in [1.82, 2.24) is 10.6 Å². The van der Waals surface area contributed by atoms with Gasteiger partial charge >= 0.3 is 0 Å². The van der Waals surface area contributed by atoms with Crippen molar-refractivity contribution in [2.45, 2.75) is 44.9 Å². The van der Waals surface area contributed by atoms with Crippen LogP contribution in [0.25, 0.3) is 0 Å². The van der Waals surface area contributed by atoms with Gasteiger partial charge in [-0.15, -0.1) is 0 Å². The first-order valence-corrected chi connectivity index (χ1v) is 10.6. The van der Waals surface area contributed by atoms with E-state index in [9.17, 15) is 9.59 Å². The lowest BCUT2D eigenvalue weighted by molar-refractivity contribution is 0.0952. The largest absolute Gasteiger partial charge is 0.352 e. The van der Waals surface area contributed by atoms with Crippen LogP contribution in [-0.4, -0.2) is 24.9 Å². The molecule has 1 aliphatic carbocycles. The Bertz CT molecular complexity index is 843. The van der Waals surface area contributed by atoms with Gasteiger partial charge in [-0.05, 0) is 68.7 Å². The number of rotatable bonds is 9. The minimum absolute atomic E-state index is 0.125. The van der Waals surface area contributed by atoms with Gasteiger partial charge in [0.1, 0.15) is 0 Å². The summed E-state index contributed by atoms with van der Waals surface area (Å²) in [5.74, 6) is -0.264. The summed E-state index contributed by atoms with van der Waals surface area (Å²) in [4.78, 5) is 24.8. The third-order valence-electron chi connectivity index (χ3n) is 5.27. The first-order valence-electron chi connectivity index (χ1n) is 10.6. The van der Waals surface area contributed by atoms with Crippen LogP contribution < -0.4 is 10.6 Å². The monoisotopic (exact) mass is 390 g/mol. The summed E-state index contributed by atoms with van der Waals surface area (Å²) in [5.41, 5.74) is 3.76. The number of hydrogen-bond donors (Lipinski definition) is 2. The summed E-state index contributed by atoms with van der Waals surface area (Å²) in [6.45, 7) is 1.25. The standard InChI is InChI=1S/C25H30N2O2/c28-24(26-17-8-13-20-9-3-1-4-10-20)22-14-7-15-23(19-22)25(29)27-18-16-21-11-5-2-6-12-21/h1,3-4,7,9-11,14-15,19H,2,5-6,8,12-13,16-18H2,(H,26,28)(H,27,29). The first-order chi connectivity index (χ1) is 14.2. The van der Waals surface area contributed by atoms with Gasteiger partial charge in [-0.3, -0.25) is 9.59 Å². The number of hydrogen-bond acceptors (Lipinski definition) is 2. The molecule has 0 spiro atoms. The highest BCUT2D eigenvalue weighted by Gasteiger charge is 2.11. The fourth-order valence-corrected chi connectivity index (χ4v) is 3.61. The van der Waals surface area contributed by atoms with Gasteiger partial charge in [0.2, 0.25) is 0 Å². The Hall–Kier alpha value is -2.88. The van der Waals surface area contributed by atoms with Gasteiger partial charge in [0.15, 0.2) is 0 Å². The molecular weight excluding hydrogens is 360 g/mol. The summed E-state index contributed by atoms with van der Waals surface area (Å²) in [6, 6.07) is 17.2. The van der Waals surface area contributed by atoms with Crippen LogP contribution in [0, 0.1) is 0 Å². The van der Waals surface area contributed by atoms with Gasteiger partial charge in [-0.2, -0.15) is 0 Å². The fraction of sp³-hybridized carbons (Fsp3) is 0.360. The predicted octanol–water partition coefficient (Wildman–Crippen LogP) is 4.67. The maximum atomic E-state index is 12.4. The average molecular weight is 391 g/mol. The van der Waals surface area contributed by atoms with Crippen molar-refractivity contribution in [2.24, 2.45) is 0 Å². The lowest BCUT2D eigenvalue weighted by Gasteiger charge is -2.13. The second-order valence-electron chi connectivity index (χ2n) is 7.54.